The molecule has 7 heteroatoms. The lowest BCUT2D eigenvalue weighted by Gasteiger charge is -2.32. The van der Waals surface area contributed by atoms with Gasteiger partial charge in [0.15, 0.2) is 0 Å². The van der Waals surface area contributed by atoms with Gasteiger partial charge in [-0.3, -0.25) is 9.36 Å². The van der Waals surface area contributed by atoms with Gasteiger partial charge < -0.3 is 10.2 Å². The quantitative estimate of drug-likeness (QED) is 0.864. The van der Waals surface area contributed by atoms with Gasteiger partial charge in [-0.1, -0.05) is 0 Å². The molecule has 2 aromatic rings. The lowest BCUT2D eigenvalue weighted by molar-refractivity contribution is 0.221. The number of aromatic nitrogens is 3. The second-order valence-corrected chi connectivity index (χ2v) is 7.48. The highest BCUT2D eigenvalue weighted by Gasteiger charge is 2.23. The van der Waals surface area contributed by atoms with Crippen molar-refractivity contribution >= 4 is 32.9 Å². The predicted octanol–water partition coefficient (Wildman–Crippen LogP) is 2.86. The van der Waals surface area contributed by atoms with Crippen molar-refractivity contribution in [2.24, 2.45) is 0 Å². The van der Waals surface area contributed by atoms with Gasteiger partial charge in [-0.2, -0.15) is 4.98 Å². The Morgan fingerprint density at radius 2 is 2.04 bits per heavy atom. The SMILES string of the molecule is CCn1c(=O)c(Br)cc2cnc(NC3CCC(N(C)C)CC3)nc21. The van der Waals surface area contributed by atoms with Crippen LogP contribution in [0, 0.1) is 0 Å². The first-order valence-corrected chi connectivity index (χ1v) is 9.28. The molecule has 0 radical (unpaired) electrons. The number of aryl methyl sites for hydroxylation is 1. The summed E-state index contributed by atoms with van der Waals surface area (Å²) in [5.41, 5.74) is 0.631. The van der Waals surface area contributed by atoms with E-state index in [1.165, 1.54) is 12.8 Å². The van der Waals surface area contributed by atoms with Gasteiger partial charge in [-0.25, -0.2) is 4.98 Å². The molecule has 0 atom stereocenters. The van der Waals surface area contributed by atoms with Crippen LogP contribution in [0.1, 0.15) is 32.6 Å². The number of hydrogen-bond donors (Lipinski definition) is 1. The van der Waals surface area contributed by atoms with Gasteiger partial charge in [0.05, 0.1) is 4.47 Å². The Balaban J connectivity index is 1.81. The molecule has 1 N–H and O–H groups in total. The van der Waals surface area contributed by atoms with Gasteiger partial charge >= 0.3 is 0 Å². The van der Waals surface area contributed by atoms with Crippen LogP contribution in [0.4, 0.5) is 5.95 Å². The van der Waals surface area contributed by atoms with Crippen LogP contribution in [-0.2, 0) is 6.54 Å². The molecule has 130 valence electrons. The van der Waals surface area contributed by atoms with Crippen LogP contribution < -0.4 is 10.9 Å². The van der Waals surface area contributed by atoms with Crippen molar-refractivity contribution in [1.29, 1.82) is 0 Å². The summed E-state index contributed by atoms with van der Waals surface area (Å²) in [6, 6.07) is 2.86. The highest BCUT2D eigenvalue weighted by molar-refractivity contribution is 9.10. The zero-order valence-electron chi connectivity index (χ0n) is 14.4. The zero-order chi connectivity index (χ0) is 17.3. The lowest BCUT2D eigenvalue weighted by atomic mass is 9.91. The zero-order valence-corrected chi connectivity index (χ0v) is 16.0. The largest absolute Gasteiger partial charge is 0.351 e. The van der Waals surface area contributed by atoms with E-state index in [9.17, 15) is 4.79 Å². The number of anilines is 1. The van der Waals surface area contributed by atoms with E-state index in [4.69, 9.17) is 0 Å². The summed E-state index contributed by atoms with van der Waals surface area (Å²) in [6.07, 6.45) is 6.39. The van der Waals surface area contributed by atoms with Gasteiger partial charge in [0.2, 0.25) is 5.95 Å². The van der Waals surface area contributed by atoms with E-state index in [0.29, 0.717) is 34.7 Å². The van der Waals surface area contributed by atoms with Crippen molar-refractivity contribution in [3.8, 4) is 0 Å². The minimum Gasteiger partial charge on any atom is -0.351 e. The van der Waals surface area contributed by atoms with Crippen molar-refractivity contribution in [2.75, 3.05) is 19.4 Å². The molecule has 1 aliphatic carbocycles. The Hall–Kier alpha value is -1.47. The highest BCUT2D eigenvalue weighted by Crippen LogP contribution is 2.24. The number of nitrogens with one attached hydrogen (secondary N) is 1. The summed E-state index contributed by atoms with van der Waals surface area (Å²) in [4.78, 5) is 23.6. The molecule has 0 aliphatic heterocycles. The summed E-state index contributed by atoms with van der Waals surface area (Å²) < 4.78 is 2.22. The van der Waals surface area contributed by atoms with Gasteiger partial charge in [0.1, 0.15) is 5.65 Å². The molecule has 0 amide bonds. The monoisotopic (exact) mass is 393 g/mol. The summed E-state index contributed by atoms with van der Waals surface area (Å²) in [5, 5.41) is 4.32. The number of fused-ring (bicyclic) bond motifs is 1. The molecule has 0 aromatic carbocycles. The molecular formula is C17H24BrN5O. The molecule has 0 saturated heterocycles. The maximum Gasteiger partial charge on any atom is 0.266 e. The van der Waals surface area contributed by atoms with Crippen LogP contribution in [0.15, 0.2) is 21.5 Å². The van der Waals surface area contributed by atoms with Crippen molar-refractivity contribution in [1.82, 2.24) is 19.4 Å². The second-order valence-electron chi connectivity index (χ2n) is 6.63. The number of hydrogen-bond acceptors (Lipinski definition) is 5. The Bertz CT molecular complexity index is 780. The molecule has 1 aliphatic rings. The van der Waals surface area contributed by atoms with Crippen LogP contribution in [0.3, 0.4) is 0 Å². The fourth-order valence-electron chi connectivity index (χ4n) is 3.41. The number of pyridine rings is 1. The topological polar surface area (TPSA) is 63.1 Å². The van der Waals surface area contributed by atoms with Crippen molar-refractivity contribution in [2.45, 2.75) is 51.2 Å². The van der Waals surface area contributed by atoms with Crippen LogP contribution in [0.2, 0.25) is 0 Å². The number of rotatable bonds is 4. The minimum atomic E-state index is -0.0545. The fraction of sp³-hybridized carbons (Fsp3) is 0.588. The standard InChI is InChI=1S/C17H24BrN5O/c1-4-23-15-11(9-14(18)16(23)24)10-19-17(21-15)20-12-5-7-13(8-6-12)22(2)3/h9-10,12-13H,4-8H2,1-3H3,(H,19,20,21). The van der Waals surface area contributed by atoms with E-state index in [-0.39, 0.29) is 5.56 Å². The molecule has 24 heavy (non-hydrogen) atoms. The Kier molecular flexibility index (Phi) is 5.20. The van der Waals surface area contributed by atoms with Crippen molar-refractivity contribution in [3.63, 3.8) is 0 Å². The molecule has 0 spiro atoms. The Morgan fingerprint density at radius 1 is 1.33 bits per heavy atom. The van der Waals surface area contributed by atoms with E-state index in [2.05, 4.69) is 50.2 Å². The number of halogens is 1. The van der Waals surface area contributed by atoms with E-state index < -0.39 is 0 Å². The van der Waals surface area contributed by atoms with Gasteiger partial charge in [-0.15, -0.1) is 0 Å². The molecular weight excluding hydrogens is 370 g/mol. The maximum atomic E-state index is 12.2. The summed E-state index contributed by atoms with van der Waals surface area (Å²) in [6.45, 7) is 2.53. The van der Waals surface area contributed by atoms with Crippen LogP contribution >= 0.6 is 15.9 Å². The summed E-state index contributed by atoms with van der Waals surface area (Å²) >= 11 is 3.31. The maximum absolute atomic E-state index is 12.2. The molecule has 0 unspecified atom stereocenters. The Morgan fingerprint density at radius 3 is 2.67 bits per heavy atom. The second kappa shape index (κ2) is 7.19. The van der Waals surface area contributed by atoms with Crippen molar-refractivity contribution < 1.29 is 0 Å². The number of nitrogens with zero attached hydrogens (tertiary/aromatic N) is 4. The van der Waals surface area contributed by atoms with Crippen LogP contribution in [0.25, 0.3) is 11.0 Å². The van der Waals surface area contributed by atoms with E-state index in [1.54, 1.807) is 16.8 Å². The third-order valence-electron chi connectivity index (χ3n) is 4.86. The third-order valence-corrected chi connectivity index (χ3v) is 5.43. The predicted molar refractivity (Wildman–Crippen MR) is 101 cm³/mol. The van der Waals surface area contributed by atoms with E-state index in [1.807, 2.05) is 6.92 Å². The molecule has 3 rings (SSSR count). The third kappa shape index (κ3) is 3.47. The van der Waals surface area contributed by atoms with Gasteiger partial charge in [-0.05, 0) is 68.7 Å². The molecule has 1 fully saturated rings. The fourth-order valence-corrected chi connectivity index (χ4v) is 3.87. The first-order chi connectivity index (χ1) is 11.5. The molecule has 2 aromatic heterocycles. The van der Waals surface area contributed by atoms with E-state index in [0.717, 1.165) is 18.2 Å². The molecule has 6 nitrogen and oxygen atoms in total. The smallest absolute Gasteiger partial charge is 0.266 e. The summed E-state index contributed by atoms with van der Waals surface area (Å²) in [5.74, 6) is 0.611. The first kappa shape index (κ1) is 17.4. The lowest BCUT2D eigenvalue weighted by Crippen LogP contribution is -2.36. The van der Waals surface area contributed by atoms with Crippen LogP contribution in [-0.4, -0.2) is 45.6 Å². The van der Waals surface area contributed by atoms with Crippen LogP contribution in [0.5, 0.6) is 0 Å². The highest BCUT2D eigenvalue weighted by atomic mass is 79.9. The minimum absolute atomic E-state index is 0.0545. The average molecular weight is 394 g/mol. The molecule has 2 heterocycles. The summed E-state index contributed by atoms with van der Waals surface area (Å²) in [7, 11) is 4.29. The van der Waals surface area contributed by atoms with Crippen molar-refractivity contribution in [3.05, 3.63) is 27.1 Å². The molecule has 1 saturated carbocycles. The first-order valence-electron chi connectivity index (χ1n) is 8.48. The molecule has 0 bridgehead atoms. The van der Waals surface area contributed by atoms with Gasteiger partial charge in [0.25, 0.3) is 5.56 Å². The average Bonchev–Trinajstić information content (AvgIpc) is 2.57. The van der Waals surface area contributed by atoms with Gasteiger partial charge in [0, 0.05) is 30.2 Å². The van der Waals surface area contributed by atoms with E-state index >= 15 is 0 Å². The normalized spacial score (nSPS) is 21.4. The Labute approximate surface area is 150 Å².